The number of hydrogen-bond donors (Lipinski definition) is 3. The Hall–Kier alpha value is -2.14. The quantitative estimate of drug-likeness (QED) is 0.742. The maximum atomic E-state index is 11.9. The van der Waals surface area contributed by atoms with Gasteiger partial charge in [-0.3, -0.25) is 9.89 Å². The molecule has 0 saturated heterocycles. The largest absolute Gasteiger partial charge is 0.396 e. The fourth-order valence-electron chi connectivity index (χ4n) is 1.75. The van der Waals surface area contributed by atoms with Crippen molar-refractivity contribution < 1.29 is 9.90 Å². The molecule has 3 N–H and O–H groups in total. The minimum absolute atomic E-state index is 0.0167. The van der Waals surface area contributed by atoms with Gasteiger partial charge in [0.25, 0.3) is 5.91 Å². The Kier molecular flexibility index (Phi) is 4.09. The molecule has 5 heteroatoms. The molecule has 1 heterocycles. The molecule has 2 rings (SSSR count). The zero-order chi connectivity index (χ0) is 12.8. The Bertz CT molecular complexity index is 482. The van der Waals surface area contributed by atoms with Crippen molar-refractivity contribution in [2.75, 3.05) is 6.61 Å². The van der Waals surface area contributed by atoms with Gasteiger partial charge in [0, 0.05) is 12.8 Å². The molecule has 5 nitrogen and oxygen atoms in total. The van der Waals surface area contributed by atoms with Gasteiger partial charge >= 0.3 is 0 Å². The van der Waals surface area contributed by atoms with Crippen LogP contribution in [0.5, 0.6) is 0 Å². The minimum Gasteiger partial charge on any atom is -0.396 e. The van der Waals surface area contributed by atoms with E-state index >= 15 is 0 Å². The Morgan fingerprint density at radius 3 is 2.72 bits per heavy atom. The molecule has 1 aromatic heterocycles. The van der Waals surface area contributed by atoms with Crippen LogP contribution in [-0.4, -0.2) is 27.8 Å². The average molecular weight is 245 g/mol. The third-order valence-corrected chi connectivity index (χ3v) is 2.67. The van der Waals surface area contributed by atoms with E-state index in [2.05, 4.69) is 15.5 Å². The highest BCUT2D eigenvalue weighted by Gasteiger charge is 2.15. The summed E-state index contributed by atoms with van der Waals surface area (Å²) in [5, 5.41) is 18.3. The number of aromatic nitrogens is 2. The maximum Gasteiger partial charge on any atom is 0.269 e. The van der Waals surface area contributed by atoms with E-state index in [1.807, 2.05) is 30.3 Å². The van der Waals surface area contributed by atoms with E-state index in [0.29, 0.717) is 12.1 Å². The number of amides is 1. The van der Waals surface area contributed by atoms with Crippen molar-refractivity contribution >= 4 is 5.91 Å². The van der Waals surface area contributed by atoms with Crippen LogP contribution >= 0.6 is 0 Å². The number of aliphatic hydroxyl groups is 1. The van der Waals surface area contributed by atoms with Gasteiger partial charge in [-0.15, -0.1) is 0 Å². The number of hydrogen-bond acceptors (Lipinski definition) is 3. The number of nitrogens with zero attached hydrogens (tertiary/aromatic N) is 1. The summed E-state index contributed by atoms with van der Waals surface area (Å²) in [6.07, 6.45) is 2.00. The van der Waals surface area contributed by atoms with Gasteiger partial charge in [-0.25, -0.2) is 0 Å². The standard InChI is InChI=1S/C13H15N3O2/c17-9-7-11(10-4-2-1-3-5-10)15-13(18)12-6-8-14-16-12/h1-6,8,11,17H,7,9H2,(H,14,16)(H,15,18). The molecular weight excluding hydrogens is 230 g/mol. The number of H-pyrrole nitrogens is 1. The zero-order valence-electron chi connectivity index (χ0n) is 9.84. The lowest BCUT2D eigenvalue weighted by molar-refractivity contribution is 0.0925. The molecule has 1 amide bonds. The van der Waals surface area contributed by atoms with E-state index in [4.69, 9.17) is 5.11 Å². The first-order chi connectivity index (χ1) is 8.81. The van der Waals surface area contributed by atoms with Gasteiger partial charge in [0.05, 0.1) is 6.04 Å². The SMILES string of the molecule is O=C(NC(CCO)c1ccccc1)c1ccn[nH]1. The summed E-state index contributed by atoms with van der Waals surface area (Å²) in [5.74, 6) is -0.227. The van der Waals surface area contributed by atoms with Crippen molar-refractivity contribution in [2.24, 2.45) is 0 Å². The predicted octanol–water partition coefficient (Wildman–Crippen LogP) is 1.26. The lowest BCUT2D eigenvalue weighted by Gasteiger charge is -2.17. The van der Waals surface area contributed by atoms with Gasteiger partial charge in [-0.2, -0.15) is 5.10 Å². The zero-order valence-corrected chi connectivity index (χ0v) is 9.84. The Morgan fingerprint density at radius 1 is 1.33 bits per heavy atom. The first-order valence-corrected chi connectivity index (χ1v) is 5.77. The number of carbonyl (C=O) groups excluding carboxylic acids is 1. The van der Waals surface area contributed by atoms with Crippen LogP contribution in [0.4, 0.5) is 0 Å². The van der Waals surface area contributed by atoms with Crippen molar-refractivity contribution in [3.63, 3.8) is 0 Å². The first-order valence-electron chi connectivity index (χ1n) is 5.77. The first kappa shape index (κ1) is 12.3. The summed E-state index contributed by atoms with van der Waals surface area (Å²) in [4.78, 5) is 11.9. The van der Waals surface area contributed by atoms with Crippen LogP contribution in [0.3, 0.4) is 0 Å². The average Bonchev–Trinajstić information content (AvgIpc) is 2.93. The molecule has 94 valence electrons. The van der Waals surface area contributed by atoms with Crippen LogP contribution < -0.4 is 5.32 Å². The fraction of sp³-hybridized carbons (Fsp3) is 0.231. The molecule has 2 aromatic rings. The summed E-state index contributed by atoms with van der Waals surface area (Å²) >= 11 is 0. The van der Waals surface area contributed by atoms with E-state index in [9.17, 15) is 4.79 Å². The normalized spacial score (nSPS) is 12.1. The minimum atomic E-state index is -0.227. The topological polar surface area (TPSA) is 78.0 Å². The van der Waals surface area contributed by atoms with Crippen LogP contribution in [0.15, 0.2) is 42.6 Å². The van der Waals surface area contributed by atoms with Crippen molar-refractivity contribution in [1.29, 1.82) is 0 Å². The van der Waals surface area contributed by atoms with Gasteiger partial charge in [-0.1, -0.05) is 30.3 Å². The van der Waals surface area contributed by atoms with Crippen molar-refractivity contribution in [1.82, 2.24) is 15.5 Å². The number of rotatable bonds is 5. The number of nitrogens with one attached hydrogen (secondary N) is 2. The highest BCUT2D eigenvalue weighted by Crippen LogP contribution is 2.16. The van der Waals surface area contributed by atoms with Gasteiger partial charge in [0.15, 0.2) is 0 Å². The summed E-state index contributed by atoms with van der Waals surface area (Å²) in [7, 11) is 0. The Labute approximate surface area is 105 Å². The Balaban J connectivity index is 2.10. The lowest BCUT2D eigenvalue weighted by atomic mass is 10.0. The third kappa shape index (κ3) is 2.95. The molecule has 18 heavy (non-hydrogen) atoms. The molecule has 0 aliphatic carbocycles. The van der Waals surface area contributed by atoms with Crippen molar-refractivity contribution in [2.45, 2.75) is 12.5 Å². The van der Waals surface area contributed by atoms with Gasteiger partial charge < -0.3 is 10.4 Å². The second-order valence-electron chi connectivity index (χ2n) is 3.92. The molecule has 0 aliphatic heterocycles. The van der Waals surface area contributed by atoms with Crippen LogP contribution in [0.25, 0.3) is 0 Å². The van der Waals surface area contributed by atoms with E-state index in [1.54, 1.807) is 6.07 Å². The molecule has 0 bridgehead atoms. The molecule has 1 unspecified atom stereocenters. The van der Waals surface area contributed by atoms with Crippen LogP contribution in [0.2, 0.25) is 0 Å². The summed E-state index contributed by atoms with van der Waals surface area (Å²) < 4.78 is 0. The monoisotopic (exact) mass is 245 g/mol. The van der Waals surface area contributed by atoms with E-state index in [1.165, 1.54) is 6.20 Å². The van der Waals surface area contributed by atoms with Crippen LogP contribution in [0, 0.1) is 0 Å². The number of benzene rings is 1. The predicted molar refractivity (Wildman–Crippen MR) is 66.9 cm³/mol. The van der Waals surface area contributed by atoms with Gasteiger partial charge in [-0.05, 0) is 18.1 Å². The second kappa shape index (κ2) is 5.97. The van der Waals surface area contributed by atoms with Crippen molar-refractivity contribution in [3.8, 4) is 0 Å². The van der Waals surface area contributed by atoms with E-state index in [-0.39, 0.29) is 18.6 Å². The molecule has 1 aromatic carbocycles. The maximum absolute atomic E-state index is 11.9. The highest BCUT2D eigenvalue weighted by atomic mass is 16.3. The highest BCUT2D eigenvalue weighted by molar-refractivity contribution is 5.92. The second-order valence-corrected chi connectivity index (χ2v) is 3.92. The summed E-state index contributed by atoms with van der Waals surface area (Å²) in [6.45, 7) is 0.0167. The molecule has 0 fully saturated rings. The number of carbonyl (C=O) groups is 1. The Morgan fingerprint density at radius 2 is 2.11 bits per heavy atom. The smallest absolute Gasteiger partial charge is 0.269 e. The molecule has 0 saturated carbocycles. The van der Waals surface area contributed by atoms with Gasteiger partial charge in [0.2, 0.25) is 0 Å². The van der Waals surface area contributed by atoms with Crippen molar-refractivity contribution in [3.05, 3.63) is 53.9 Å². The fourth-order valence-corrected chi connectivity index (χ4v) is 1.75. The van der Waals surface area contributed by atoms with Gasteiger partial charge in [0.1, 0.15) is 5.69 Å². The lowest BCUT2D eigenvalue weighted by Crippen LogP contribution is -2.29. The number of aromatic amines is 1. The molecule has 0 radical (unpaired) electrons. The van der Waals surface area contributed by atoms with E-state index < -0.39 is 0 Å². The third-order valence-electron chi connectivity index (χ3n) is 2.67. The molecule has 0 aliphatic rings. The number of aliphatic hydroxyl groups excluding tert-OH is 1. The van der Waals surface area contributed by atoms with Crippen LogP contribution in [0.1, 0.15) is 28.5 Å². The molecule has 1 atom stereocenters. The molecule has 0 spiro atoms. The van der Waals surface area contributed by atoms with Crippen LogP contribution in [-0.2, 0) is 0 Å². The summed E-state index contributed by atoms with van der Waals surface area (Å²) in [5.41, 5.74) is 1.38. The van der Waals surface area contributed by atoms with E-state index in [0.717, 1.165) is 5.56 Å². The summed E-state index contributed by atoms with van der Waals surface area (Å²) in [6, 6.07) is 11.0. The molecular formula is C13H15N3O2.